The molecule has 1 unspecified atom stereocenters. The molecule has 0 fully saturated rings. The molecule has 0 radical (unpaired) electrons. The zero-order valence-electron chi connectivity index (χ0n) is 13.0. The van der Waals surface area contributed by atoms with Crippen LogP contribution in [0.1, 0.15) is 28.3 Å². The molecule has 0 aliphatic carbocycles. The third-order valence-corrected chi connectivity index (χ3v) is 4.28. The molecule has 0 saturated heterocycles. The molecule has 21 heavy (non-hydrogen) atoms. The third kappa shape index (κ3) is 3.58. The highest BCUT2D eigenvalue weighted by molar-refractivity contribution is 6.31. The number of hydrogen-bond acceptors (Lipinski definition) is 2. The number of ether oxygens (including phenoxy) is 1. The van der Waals surface area contributed by atoms with E-state index in [1.807, 2.05) is 31.3 Å². The van der Waals surface area contributed by atoms with Gasteiger partial charge in [-0.15, -0.1) is 0 Å². The highest BCUT2D eigenvalue weighted by atomic mass is 35.5. The van der Waals surface area contributed by atoms with E-state index in [1.165, 1.54) is 16.7 Å². The molecule has 112 valence electrons. The van der Waals surface area contributed by atoms with Gasteiger partial charge in [0.05, 0.1) is 7.11 Å². The van der Waals surface area contributed by atoms with Crippen molar-refractivity contribution in [3.05, 3.63) is 63.7 Å². The lowest BCUT2D eigenvalue weighted by Gasteiger charge is -2.20. The molecule has 2 rings (SSSR count). The summed E-state index contributed by atoms with van der Waals surface area (Å²) in [6, 6.07) is 12.5. The Bertz CT molecular complexity index is 625. The van der Waals surface area contributed by atoms with Crippen LogP contribution < -0.4 is 10.1 Å². The predicted molar refractivity (Wildman–Crippen MR) is 89.4 cm³/mol. The summed E-state index contributed by atoms with van der Waals surface area (Å²) >= 11 is 6.44. The van der Waals surface area contributed by atoms with E-state index < -0.39 is 0 Å². The van der Waals surface area contributed by atoms with Gasteiger partial charge >= 0.3 is 0 Å². The smallest absolute Gasteiger partial charge is 0.122 e. The maximum atomic E-state index is 6.44. The van der Waals surface area contributed by atoms with Gasteiger partial charge in [-0.1, -0.05) is 35.9 Å². The summed E-state index contributed by atoms with van der Waals surface area (Å²) < 4.78 is 5.44. The molecule has 1 N–H and O–H groups in total. The van der Waals surface area contributed by atoms with Crippen LogP contribution in [0.5, 0.6) is 5.75 Å². The zero-order chi connectivity index (χ0) is 15.4. The average molecular weight is 304 g/mol. The molecular weight excluding hydrogens is 282 g/mol. The van der Waals surface area contributed by atoms with Crippen LogP contribution in [-0.4, -0.2) is 14.2 Å². The van der Waals surface area contributed by atoms with Crippen molar-refractivity contribution in [3.63, 3.8) is 0 Å². The fourth-order valence-corrected chi connectivity index (χ4v) is 2.88. The number of nitrogens with one attached hydrogen (secondary N) is 1. The fraction of sp³-hybridized carbons (Fsp3) is 0.333. The summed E-state index contributed by atoms with van der Waals surface area (Å²) in [5.74, 6) is 0.915. The highest BCUT2D eigenvalue weighted by Gasteiger charge is 2.16. The van der Waals surface area contributed by atoms with Crippen molar-refractivity contribution < 1.29 is 4.74 Å². The first-order chi connectivity index (χ1) is 10.1. The second kappa shape index (κ2) is 6.97. The SMILES string of the molecule is CNC(Cc1ccccc1OC)c1cc(C)c(C)cc1Cl. The molecule has 0 aromatic heterocycles. The Hall–Kier alpha value is -1.51. The van der Waals surface area contributed by atoms with E-state index >= 15 is 0 Å². The predicted octanol–water partition coefficient (Wildman–Crippen LogP) is 4.47. The van der Waals surface area contributed by atoms with Crippen molar-refractivity contribution in [3.8, 4) is 5.75 Å². The number of hydrogen-bond donors (Lipinski definition) is 1. The molecule has 0 spiro atoms. The van der Waals surface area contributed by atoms with Gasteiger partial charge in [-0.05, 0) is 61.7 Å². The van der Waals surface area contributed by atoms with Crippen molar-refractivity contribution in [2.45, 2.75) is 26.3 Å². The van der Waals surface area contributed by atoms with Crippen LogP contribution in [0, 0.1) is 13.8 Å². The van der Waals surface area contributed by atoms with Crippen molar-refractivity contribution in [2.75, 3.05) is 14.2 Å². The summed E-state index contributed by atoms with van der Waals surface area (Å²) in [6.07, 6.45) is 0.836. The fourth-order valence-electron chi connectivity index (χ4n) is 2.53. The molecular formula is C18H22ClNO. The molecule has 0 heterocycles. The normalized spacial score (nSPS) is 12.2. The Morgan fingerprint density at radius 1 is 1.14 bits per heavy atom. The first-order valence-electron chi connectivity index (χ1n) is 7.12. The molecule has 0 aliphatic rings. The molecule has 0 saturated carbocycles. The highest BCUT2D eigenvalue weighted by Crippen LogP contribution is 2.30. The van der Waals surface area contributed by atoms with Crippen molar-refractivity contribution in [1.29, 1.82) is 0 Å². The van der Waals surface area contributed by atoms with Gasteiger partial charge in [0.2, 0.25) is 0 Å². The molecule has 0 amide bonds. The lowest BCUT2D eigenvalue weighted by molar-refractivity contribution is 0.406. The van der Waals surface area contributed by atoms with Crippen LogP contribution >= 0.6 is 11.6 Å². The Labute approximate surface area is 132 Å². The van der Waals surface area contributed by atoms with Gasteiger partial charge in [0.25, 0.3) is 0 Å². The van der Waals surface area contributed by atoms with E-state index in [0.29, 0.717) is 0 Å². The third-order valence-electron chi connectivity index (χ3n) is 3.95. The van der Waals surface area contributed by atoms with E-state index in [1.54, 1.807) is 7.11 Å². The molecule has 2 aromatic carbocycles. The topological polar surface area (TPSA) is 21.3 Å². The number of para-hydroxylation sites is 1. The van der Waals surface area contributed by atoms with E-state index in [4.69, 9.17) is 16.3 Å². The number of halogens is 1. The molecule has 1 atom stereocenters. The minimum Gasteiger partial charge on any atom is -0.496 e. The minimum absolute atomic E-state index is 0.160. The van der Waals surface area contributed by atoms with Crippen molar-refractivity contribution >= 4 is 11.6 Å². The van der Waals surface area contributed by atoms with Gasteiger partial charge in [0.1, 0.15) is 5.75 Å². The van der Waals surface area contributed by atoms with E-state index in [9.17, 15) is 0 Å². The molecule has 0 bridgehead atoms. The lowest BCUT2D eigenvalue weighted by atomic mass is 9.95. The van der Waals surface area contributed by atoms with E-state index in [2.05, 4.69) is 31.3 Å². The van der Waals surface area contributed by atoms with Crippen LogP contribution in [-0.2, 0) is 6.42 Å². The Kier molecular flexibility index (Phi) is 5.27. The summed E-state index contributed by atoms with van der Waals surface area (Å²) in [6.45, 7) is 4.20. The van der Waals surface area contributed by atoms with Crippen LogP contribution in [0.2, 0.25) is 5.02 Å². The quantitative estimate of drug-likeness (QED) is 0.880. The standard InChI is InChI=1S/C18H22ClNO/c1-12-9-15(16(19)10-13(12)2)17(20-3)11-14-7-5-6-8-18(14)21-4/h5-10,17,20H,11H2,1-4H3. The zero-order valence-corrected chi connectivity index (χ0v) is 13.8. The maximum Gasteiger partial charge on any atom is 0.122 e. The Morgan fingerprint density at radius 3 is 2.48 bits per heavy atom. The number of rotatable bonds is 5. The largest absolute Gasteiger partial charge is 0.496 e. The summed E-state index contributed by atoms with van der Waals surface area (Å²) in [5.41, 5.74) is 4.78. The van der Waals surface area contributed by atoms with E-state index in [-0.39, 0.29) is 6.04 Å². The number of likely N-dealkylation sites (N-methyl/N-ethyl adjacent to an activating group) is 1. The van der Waals surface area contributed by atoms with Crippen molar-refractivity contribution in [2.24, 2.45) is 0 Å². The van der Waals surface area contributed by atoms with Gasteiger partial charge in [-0.2, -0.15) is 0 Å². The first-order valence-corrected chi connectivity index (χ1v) is 7.50. The van der Waals surface area contributed by atoms with Gasteiger partial charge < -0.3 is 10.1 Å². The van der Waals surface area contributed by atoms with Crippen LogP contribution in [0.25, 0.3) is 0 Å². The van der Waals surface area contributed by atoms with Gasteiger partial charge in [-0.3, -0.25) is 0 Å². The number of methoxy groups -OCH3 is 1. The number of benzene rings is 2. The van der Waals surface area contributed by atoms with Crippen LogP contribution in [0.4, 0.5) is 0 Å². The summed E-state index contributed by atoms with van der Waals surface area (Å²) in [5, 5.41) is 4.18. The molecule has 2 aromatic rings. The second-order valence-electron chi connectivity index (χ2n) is 5.32. The second-order valence-corrected chi connectivity index (χ2v) is 5.72. The summed E-state index contributed by atoms with van der Waals surface area (Å²) in [4.78, 5) is 0. The van der Waals surface area contributed by atoms with E-state index in [0.717, 1.165) is 22.8 Å². The number of aryl methyl sites for hydroxylation is 2. The average Bonchev–Trinajstić information content (AvgIpc) is 2.49. The van der Waals surface area contributed by atoms with Crippen LogP contribution in [0.3, 0.4) is 0 Å². The summed E-state index contributed by atoms with van der Waals surface area (Å²) in [7, 11) is 3.67. The molecule has 2 nitrogen and oxygen atoms in total. The minimum atomic E-state index is 0.160. The van der Waals surface area contributed by atoms with Gasteiger partial charge in [0, 0.05) is 11.1 Å². The monoisotopic (exact) mass is 303 g/mol. The van der Waals surface area contributed by atoms with Gasteiger partial charge in [-0.25, -0.2) is 0 Å². The van der Waals surface area contributed by atoms with Crippen molar-refractivity contribution in [1.82, 2.24) is 5.32 Å². The molecule has 0 aliphatic heterocycles. The maximum absolute atomic E-state index is 6.44. The lowest BCUT2D eigenvalue weighted by Crippen LogP contribution is -2.20. The Morgan fingerprint density at radius 2 is 1.81 bits per heavy atom. The van der Waals surface area contributed by atoms with Crippen LogP contribution in [0.15, 0.2) is 36.4 Å². The Balaban J connectivity index is 2.34. The first kappa shape index (κ1) is 15.9. The van der Waals surface area contributed by atoms with Gasteiger partial charge in [0.15, 0.2) is 0 Å². The molecule has 3 heteroatoms.